The van der Waals surface area contributed by atoms with E-state index < -0.39 is 27.1 Å². The van der Waals surface area contributed by atoms with Crippen LogP contribution in [-0.2, 0) is 10.0 Å². The van der Waals surface area contributed by atoms with Crippen molar-refractivity contribution >= 4 is 21.7 Å². The number of ether oxygens (including phenoxy) is 1. The van der Waals surface area contributed by atoms with Gasteiger partial charge in [0, 0.05) is 37.0 Å². The highest BCUT2D eigenvalue weighted by Crippen LogP contribution is 2.36. The van der Waals surface area contributed by atoms with Crippen LogP contribution in [0.5, 0.6) is 5.88 Å². The van der Waals surface area contributed by atoms with E-state index in [1.807, 2.05) is 32.6 Å². The summed E-state index contributed by atoms with van der Waals surface area (Å²) in [6.07, 6.45) is 1.51. The van der Waals surface area contributed by atoms with E-state index in [9.17, 15) is 17.6 Å². The first-order valence-corrected chi connectivity index (χ1v) is 12.0. The number of anilines is 1. The van der Waals surface area contributed by atoms with Gasteiger partial charge in [-0.1, -0.05) is 13.8 Å². The number of benzene rings is 1. The Bertz CT molecular complexity index is 1100. The van der Waals surface area contributed by atoms with Crippen LogP contribution in [-0.4, -0.2) is 55.8 Å². The van der Waals surface area contributed by atoms with Crippen molar-refractivity contribution < 1.29 is 22.3 Å². The predicted molar refractivity (Wildman–Crippen MR) is 122 cm³/mol. The second kappa shape index (κ2) is 9.41. The molecule has 2 heterocycles. The molecule has 1 aromatic heterocycles. The minimum absolute atomic E-state index is 0.133. The summed E-state index contributed by atoms with van der Waals surface area (Å²) in [5.41, 5.74) is 1.84. The van der Waals surface area contributed by atoms with Crippen LogP contribution in [0.1, 0.15) is 39.2 Å². The lowest BCUT2D eigenvalue weighted by molar-refractivity contribution is 0.141. The fraction of sp³-hybridized carbons (Fsp3) is 0.455. The molecular weight excluding hydrogens is 435 g/mol. The molecule has 1 fully saturated rings. The Morgan fingerprint density at radius 2 is 1.91 bits per heavy atom. The van der Waals surface area contributed by atoms with Gasteiger partial charge < -0.3 is 10.1 Å². The third-order valence-electron chi connectivity index (χ3n) is 5.53. The molecule has 0 bridgehead atoms. The minimum atomic E-state index is -3.85. The Balaban J connectivity index is 1.90. The summed E-state index contributed by atoms with van der Waals surface area (Å²) in [5.74, 6) is -0.275. The molecule has 174 valence electrons. The molecule has 0 atom stereocenters. The maximum absolute atomic E-state index is 14.4. The highest BCUT2D eigenvalue weighted by Gasteiger charge is 2.39. The first kappa shape index (κ1) is 23.9. The smallest absolute Gasteiger partial charge is 0.332 e. The number of sulfonamides is 1. The zero-order chi connectivity index (χ0) is 23.6. The predicted octanol–water partition coefficient (Wildman–Crippen LogP) is 3.56. The summed E-state index contributed by atoms with van der Waals surface area (Å²) in [6, 6.07) is 5.26. The summed E-state index contributed by atoms with van der Waals surface area (Å²) in [7, 11) is -2.38. The Morgan fingerprint density at radius 1 is 1.22 bits per heavy atom. The van der Waals surface area contributed by atoms with Crippen molar-refractivity contribution in [3.63, 3.8) is 0 Å². The molecule has 2 aromatic rings. The molecule has 1 saturated heterocycles. The molecule has 32 heavy (non-hydrogen) atoms. The lowest BCUT2D eigenvalue weighted by Gasteiger charge is -2.41. The molecule has 10 heteroatoms. The van der Waals surface area contributed by atoms with Crippen LogP contribution in [0.15, 0.2) is 30.5 Å². The number of hydrogen-bond acceptors (Lipinski definition) is 6. The zero-order valence-electron chi connectivity index (χ0n) is 18.8. The number of rotatable bonds is 7. The number of nitrogens with zero attached hydrogens (tertiary/aromatic N) is 2. The molecule has 0 unspecified atom stereocenters. The van der Waals surface area contributed by atoms with Gasteiger partial charge in [-0.2, -0.15) is 0 Å². The van der Waals surface area contributed by atoms with Crippen molar-refractivity contribution in [1.82, 2.24) is 14.6 Å². The van der Waals surface area contributed by atoms with Crippen LogP contribution in [0.2, 0.25) is 0 Å². The summed E-state index contributed by atoms with van der Waals surface area (Å²) in [6.45, 7) is 8.44. The largest absolute Gasteiger partial charge is 0.481 e. The number of halogens is 1. The van der Waals surface area contributed by atoms with Crippen LogP contribution in [0.4, 0.5) is 14.9 Å². The number of likely N-dealkylation sites (tertiary alicyclic amines) is 1. The van der Waals surface area contributed by atoms with Crippen molar-refractivity contribution in [3.8, 4) is 17.0 Å². The monoisotopic (exact) mass is 464 g/mol. The fourth-order valence-corrected chi connectivity index (χ4v) is 4.83. The van der Waals surface area contributed by atoms with E-state index in [4.69, 9.17) is 4.74 Å². The van der Waals surface area contributed by atoms with Gasteiger partial charge in [-0.3, -0.25) is 4.90 Å². The highest BCUT2D eigenvalue weighted by atomic mass is 32.2. The zero-order valence-corrected chi connectivity index (χ0v) is 19.7. The van der Waals surface area contributed by atoms with Crippen molar-refractivity contribution in [2.75, 3.05) is 25.5 Å². The van der Waals surface area contributed by atoms with Gasteiger partial charge in [0.2, 0.25) is 15.9 Å². The Hall–Kier alpha value is -2.72. The van der Waals surface area contributed by atoms with Crippen LogP contribution >= 0.6 is 0 Å². The first-order chi connectivity index (χ1) is 15.0. The van der Waals surface area contributed by atoms with Gasteiger partial charge in [0.05, 0.1) is 12.8 Å². The number of carbonyl (C=O) groups excluding carboxylic acids is 1. The SMILES string of the molecule is COc1cc(-c2cc(F)cc(C(C)C)c2NC(=O)NS(=O)(=O)C2CN(C(C)C)C2)ccn1. The van der Waals surface area contributed by atoms with Gasteiger partial charge in [0.1, 0.15) is 11.1 Å². The van der Waals surface area contributed by atoms with Crippen LogP contribution in [0, 0.1) is 5.82 Å². The molecule has 1 aliphatic rings. The number of amides is 2. The average molecular weight is 465 g/mol. The molecule has 0 saturated carbocycles. The molecule has 0 spiro atoms. The molecule has 3 rings (SSSR count). The first-order valence-electron chi connectivity index (χ1n) is 10.4. The molecular formula is C22H29FN4O4S. The van der Waals surface area contributed by atoms with E-state index in [-0.39, 0.29) is 12.0 Å². The molecule has 8 nitrogen and oxygen atoms in total. The number of aromatic nitrogens is 1. The molecule has 1 aliphatic heterocycles. The number of nitrogens with one attached hydrogen (secondary N) is 2. The van der Waals surface area contributed by atoms with Gasteiger partial charge in [0.15, 0.2) is 0 Å². The summed E-state index contributed by atoms with van der Waals surface area (Å²) in [5, 5.41) is 1.99. The Labute approximate surface area is 188 Å². The van der Waals surface area contributed by atoms with E-state index in [0.29, 0.717) is 41.3 Å². The quantitative estimate of drug-likeness (QED) is 0.650. The van der Waals surface area contributed by atoms with Crippen LogP contribution in [0.3, 0.4) is 0 Å². The van der Waals surface area contributed by atoms with E-state index >= 15 is 0 Å². The lowest BCUT2D eigenvalue weighted by Crippen LogP contribution is -2.60. The van der Waals surface area contributed by atoms with Crippen molar-refractivity contribution in [3.05, 3.63) is 41.8 Å². The Kier molecular flexibility index (Phi) is 7.04. The van der Waals surface area contributed by atoms with Crippen molar-refractivity contribution in [2.45, 2.75) is 44.9 Å². The standard InChI is InChI=1S/C22H29FN4O4S/c1-13(2)18-9-16(23)10-19(15-6-7-24-20(8-15)31-5)21(18)25-22(28)26-32(29,30)17-11-27(12-17)14(3)4/h6-10,13-14,17H,11-12H2,1-5H3,(H2,25,26,28). The molecule has 2 amide bonds. The Morgan fingerprint density at radius 3 is 2.50 bits per heavy atom. The van der Waals surface area contributed by atoms with Gasteiger partial charge in [-0.05, 0) is 49.1 Å². The van der Waals surface area contributed by atoms with Gasteiger partial charge in [-0.15, -0.1) is 0 Å². The third-order valence-corrected chi connectivity index (χ3v) is 7.18. The van der Waals surface area contributed by atoms with E-state index in [0.717, 1.165) is 0 Å². The second-order valence-electron chi connectivity index (χ2n) is 8.43. The maximum atomic E-state index is 14.4. The number of methoxy groups -OCH3 is 1. The van der Waals surface area contributed by atoms with Crippen molar-refractivity contribution in [1.29, 1.82) is 0 Å². The minimum Gasteiger partial charge on any atom is -0.481 e. The number of urea groups is 1. The molecule has 0 radical (unpaired) electrons. The molecule has 1 aromatic carbocycles. The average Bonchev–Trinajstić information content (AvgIpc) is 2.66. The molecule has 0 aliphatic carbocycles. The topological polar surface area (TPSA) is 101 Å². The van der Waals surface area contributed by atoms with Gasteiger partial charge in [-0.25, -0.2) is 27.3 Å². The summed E-state index contributed by atoms with van der Waals surface area (Å²) < 4.78 is 46.9. The number of carbonyl (C=O) groups is 1. The van der Waals surface area contributed by atoms with Crippen LogP contribution < -0.4 is 14.8 Å². The molecule has 2 N–H and O–H groups in total. The van der Waals surface area contributed by atoms with Gasteiger partial charge in [0.25, 0.3) is 0 Å². The van der Waals surface area contributed by atoms with Crippen LogP contribution in [0.25, 0.3) is 11.1 Å². The maximum Gasteiger partial charge on any atom is 0.332 e. The number of pyridine rings is 1. The fourth-order valence-electron chi connectivity index (χ4n) is 3.58. The van der Waals surface area contributed by atoms with Gasteiger partial charge >= 0.3 is 6.03 Å². The van der Waals surface area contributed by atoms with E-state index in [2.05, 4.69) is 15.0 Å². The summed E-state index contributed by atoms with van der Waals surface area (Å²) in [4.78, 5) is 18.8. The normalized spacial score (nSPS) is 15.0. The number of hydrogen-bond donors (Lipinski definition) is 2. The highest BCUT2D eigenvalue weighted by molar-refractivity contribution is 7.90. The lowest BCUT2D eigenvalue weighted by atomic mass is 9.94. The van der Waals surface area contributed by atoms with Crippen molar-refractivity contribution in [2.24, 2.45) is 0 Å². The second-order valence-corrected chi connectivity index (χ2v) is 10.4. The van der Waals surface area contributed by atoms with E-state index in [1.165, 1.54) is 25.4 Å². The summed E-state index contributed by atoms with van der Waals surface area (Å²) >= 11 is 0. The third kappa shape index (κ3) is 5.18. The van der Waals surface area contributed by atoms with E-state index in [1.54, 1.807) is 12.1 Å².